The summed E-state index contributed by atoms with van der Waals surface area (Å²) in [4.78, 5) is 11.4. The lowest BCUT2D eigenvalue weighted by Gasteiger charge is -2.13. The van der Waals surface area contributed by atoms with Gasteiger partial charge in [-0.3, -0.25) is 4.79 Å². The summed E-state index contributed by atoms with van der Waals surface area (Å²) >= 11 is 1.63. The van der Waals surface area contributed by atoms with Gasteiger partial charge in [0.15, 0.2) is 0 Å². The first-order valence-electron chi connectivity index (χ1n) is 5.12. The highest BCUT2D eigenvalue weighted by Gasteiger charge is 2.13. The van der Waals surface area contributed by atoms with E-state index in [1.165, 1.54) is 0 Å². The van der Waals surface area contributed by atoms with Crippen LogP contribution in [0.4, 0.5) is 0 Å². The molecule has 0 aliphatic rings. The van der Waals surface area contributed by atoms with Crippen molar-refractivity contribution < 1.29 is 4.79 Å². The van der Waals surface area contributed by atoms with Crippen LogP contribution in [0.15, 0.2) is 0 Å². The number of carbonyl (C=O) groups is 1. The van der Waals surface area contributed by atoms with Gasteiger partial charge in [0, 0.05) is 12.3 Å². The standard InChI is InChI=1S/C11H20N2OS/c1-4-6-15-7-5-13-11(14)10(12)8-9(2)3/h1,9-10H,5-8,12H2,2-3H3,(H,13,14)/t10-/m1/s1. The number of terminal acetylenes is 1. The van der Waals surface area contributed by atoms with Gasteiger partial charge in [0.1, 0.15) is 0 Å². The largest absolute Gasteiger partial charge is 0.354 e. The first-order chi connectivity index (χ1) is 7.07. The summed E-state index contributed by atoms with van der Waals surface area (Å²) in [5, 5.41) is 2.79. The second-order valence-electron chi connectivity index (χ2n) is 3.78. The van der Waals surface area contributed by atoms with Crippen LogP contribution in [0.2, 0.25) is 0 Å². The summed E-state index contributed by atoms with van der Waals surface area (Å²) in [5.41, 5.74) is 5.71. The molecule has 0 heterocycles. The zero-order valence-electron chi connectivity index (χ0n) is 9.45. The van der Waals surface area contributed by atoms with Crippen LogP contribution in [0.25, 0.3) is 0 Å². The smallest absolute Gasteiger partial charge is 0.236 e. The molecular weight excluding hydrogens is 208 g/mol. The van der Waals surface area contributed by atoms with E-state index in [-0.39, 0.29) is 11.9 Å². The average Bonchev–Trinajstić information content (AvgIpc) is 2.16. The summed E-state index contributed by atoms with van der Waals surface area (Å²) in [6, 6.07) is -0.386. The minimum absolute atomic E-state index is 0.0648. The maximum absolute atomic E-state index is 11.4. The SMILES string of the molecule is C#CCSCCNC(=O)[C@H](N)CC(C)C. The molecule has 1 amide bonds. The summed E-state index contributed by atoms with van der Waals surface area (Å²) in [5.74, 6) is 4.44. The van der Waals surface area contributed by atoms with Crippen LogP contribution in [-0.2, 0) is 4.79 Å². The summed E-state index contributed by atoms with van der Waals surface area (Å²) in [7, 11) is 0. The predicted octanol–water partition coefficient (Wildman–Crippen LogP) is 0.842. The number of hydrogen-bond donors (Lipinski definition) is 2. The van der Waals surface area contributed by atoms with E-state index in [0.29, 0.717) is 18.2 Å². The highest BCUT2D eigenvalue weighted by atomic mass is 32.2. The van der Waals surface area contributed by atoms with Gasteiger partial charge in [-0.05, 0) is 12.3 Å². The van der Waals surface area contributed by atoms with E-state index in [0.717, 1.165) is 12.2 Å². The van der Waals surface area contributed by atoms with E-state index in [2.05, 4.69) is 25.1 Å². The minimum atomic E-state index is -0.386. The molecule has 15 heavy (non-hydrogen) atoms. The Morgan fingerprint density at radius 1 is 1.60 bits per heavy atom. The van der Waals surface area contributed by atoms with Crippen molar-refractivity contribution in [2.24, 2.45) is 11.7 Å². The lowest BCUT2D eigenvalue weighted by molar-refractivity contribution is -0.122. The molecule has 0 unspecified atom stereocenters. The van der Waals surface area contributed by atoms with Gasteiger partial charge in [0.05, 0.1) is 11.8 Å². The number of rotatable bonds is 7. The van der Waals surface area contributed by atoms with E-state index in [1.807, 2.05) is 0 Å². The molecule has 0 aromatic rings. The Kier molecular flexibility index (Phi) is 8.25. The second-order valence-corrected chi connectivity index (χ2v) is 4.89. The van der Waals surface area contributed by atoms with Crippen molar-refractivity contribution in [3.63, 3.8) is 0 Å². The molecule has 0 spiro atoms. The number of hydrogen-bond acceptors (Lipinski definition) is 3. The van der Waals surface area contributed by atoms with E-state index in [1.54, 1.807) is 11.8 Å². The van der Waals surface area contributed by atoms with Crippen LogP contribution in [0, 0.1) is 18.3 Å². The van der Waals surface area contributed by atoms with Crippen LogP contribution in [0.1, 0.15) is 20.3 Å². The molecule has 0 fully saturated rings. The van der Waals surface area contributed by atoms with Crippen molar-refractivity contribution >= 4 is 17.7 Å². The van der Waals surface area contributed by atoms with Gasteiger partial charge in [-0.15, -0.1) is 18.2 Å². The van der Waals surface area contributed by atoms with Gasteiger partial charge in [-0.2, -0.15) is 0 Å². The van der Waals surface area contributed by atoms with Crippen LogP contribution in [0.3, 0.4) is 0 Å². The maximum Gasteiger partial charge on any atom is 0.236 e. The molecule has 0 rings (SSSR count). The molecule has 0 saturated carbocycles. The van der Waals surface area contributed by atoms with Crippen molar-refractivity contribution in [3.05, 3.63) is 0 Å². The highest BCUT2D eigenvalue weighted by Crippen LogP contribution is 2.02. The Balaban J connectivity index is 3.52. The number of thioether (sulfide) groups is 1. The Labute approximate surface area is 96.6 Å². The molecular formula is C11H20N2OS. The number of nitrogens with two attached hydrogens (primary N) is 1. The normalized spacial score (nSPS) is 12.2. The van der Waals surface area contributed by atoms with Gasteiger partial charge in [-0.1, -0.05) is 19.8 Å². The zero-order valence-corrected chi connectivity index (χ0v) is 10.3. The molecule has 0 aliphatic carbocycles. The topological polar surface area (TPSA) is 55.1 Å². The van der Waals surface area contributed by atoms with Gasteiger partial charge in [0.25, 0.3) is 0 Å². The first-order valence-corrected chi connectivity index (χ1v) is 6.28. The van der Waals surface area contributed by atoms with E-state index < -0.39 is 0 Å². The minimum Gasteiger partial charge on any atom is -0.354 e. The van der Waals surface area contributed by atoms with Crippen LogP contribution < -0.4 is 11.1 Å². The monoisotopic (exact) mass is 228 g/mol. The van der Waals surface area contributed by atoms with Gasteiger partial charge in [-0.25, -0.2) is 0 Å². The Morgan fingerprint density at radius 2 is 2.27 bits per heavy atom. The number of carbonyl (C=O) groups excluding carboxylic acids is 1. The van der Waals surface area contributed by atoms with Gasteiger partial charge < -0.3 is 11.1 Å². The fourth-order valence-corrected chi connectivity index (χ4v) is 1.63. The Hall–Kier alpha value is -0.660. The van der Waals surface area contributed by atoms with Crippen LogP contribution >= 0.6 is 11.8 Å². The lowest BCUT2D eigenvalue weighted by atomic mass is 10.0. The van der Waals surface area contributed by atoms with Crippen molar-refractivity contribution in [2.45, 2.75) is 26.3 Å². The van der Waals surface area contributed by atoms with E-state index in [4.69, 9.17) is 12.2 Å². The van der Waals surface area contributed by atoms with Gasteiger partial charge in [0.2, 0.25) is 5.91 Å². The third kappa shape index (κ3) is 8.34. The summed E-state index contributed by atoms with van der Waals surface area (Å²) in [6.45, 7) is 4.74. The van der Waals surface area contributed by atoms with E-state index in [9.17, 15) is 4.79 Å². The van der Waals surface area contributed by atoms with Crippen molar-refractivity contribution in [2.75, 3.05) is 18.1 Å². The summed E-state index contributed by atoms with van der Waals surface area (Å²) < 4.78 is 0. The van der Waals surface area contributed by atoms with Crippen molar-refractivity contribution in [1.29, 1.82) is 0 Å². The third-order valence-electron chi connectivity index (χ3n) is 1.79. The molecule has 0 aliphatic heterocycles. The quantitative estimate of drug-likeness (QED) is 0.501. The molecule has 3 N–H and O–H groups in total. The molecule has 86 valence electrons. The predicted molar refractivity (Wildman–Crippen MR) is 66.6 cm³/mol. The van der Waals surface area contributed by atoms with Crippen molar-refractivity contribution in [1.82, 2.24) is 5.32 Å². The molecule has 0 aromatic carbocycles. The number of nitrogens with one attached hydrogen (secondary N) is 1. The molecule has 3 nitrogen and oxygen atoms in total. The van der Waals surface area contributed by atoms with Gasteiger partial charge >= 0.3 is 0 Å². The van der Waals surface area contributed by atoms with Crippen LogP contribution in [-0.4, -0.2) is 30.0 Å². The van der Waals surface area contributed by atoms with Crippen molar-refractivity contribution in [3.8, 4) is 12.3 Å². The molecule has 0 bridgehead atoms. The fourth-order valence-electron chi connectivity index (χ4n) is 1.12. The third-order valence-corrected chi connectivity index (χ3v) is 2.66. The average molecular weight is 228 g/mol. The summed E-state index contributed by atoms with van der Waals surface area (Å²) in [6.07, 6.45) is 5.82. The lowest BCUT2D eigenvalue weighted by Crippen LogP contribution is -2.42. The fraction of sp³-hybridized carbons (Fsp3) is 0.727. The first kappa shape index (κ1) is 14.3. The molecule has 0 radical (unpaired) electrons. The molecule has 0 aromatic heterocycles. The Morgan fingerprint density at radius 3 is 2.80 bits per heavy atom. The van der Waals surface area contributed by atoms with E-state index >= 15 is 0 Å². The molecule has 1 atom stereocenters. The zero-order chi connectivity index (χ0) is 11.7. The second kappa shape index (κ2) is 8.63. The molecule has 4 heteroatoms. The number of amides is 1. The van der Waals surface area contributed by atoms with Crippen LogP contribution in [0.5, 0.6) is 0 Å². The maximum atomic E-state index is 11.4. The molecule has 0 saturated heterocycles. The highest BCUT2D eigenvalue weighted by molar-refractivity contribution is 7.99. The Bertz CT molecular complexity index is 223.